The number of rotatable bonds is 3. The molecule has 0 spiro atoms. The summed E-state index contributed by atoms with van der Waals surface area (Å²) in [6, 6.07) is 4.15. The molecule has 0 N–H and O–H groups in total. The van der Waals surface area contributed by atoms with Crippen LogP contribution in [0, 0.1) is 13.8 Å². The summed E-state index contributed by atoms with van der Waals surface area (Å²) in [6.07, 6.45) is 7.35. The van der Waals surface area contributed by atoms with E-state index in [9.17, 15) is 0 Å². The highest BCUT2D eigenvalue weighted by Gasteiger charge is 1.98. The van der Waals surface area contributed by atoms with Crippen LogP contribution in [0.25, 0.3) is 0 Å². The lowest BCUT2D eigenvalue weighted by Gasteiger charge is -2.01. The number of aromatic nitrogens is 3. The number of pyridine rings is 1. The summed E-state index contributed by atoms with van der Waals surface area (Å²) in [5, 5.41) is 0. The zero-order valence-corrected chi connectivity index (χ0v) is 9.64. The molecule has 0 aliphatic rings. The maximum atomic E-state index is 4.36. The van der Waals surface area contributed by atoms with Gasteiger partial charge in [0.2, 0.25) is 0 Å². The smallest absolute Gasteiger partial charge is 0.0590 e. The van der Waals surface area contributed by atoms with E-state index in [-0.39, 0.29) is 0 Å². The minimum atomic E-state index is 0.892. The van der Waals surface area contributed by atoms with Crippen LogP contribution in [-0.4, -0.2) is 15.0 Å². The molecule has 0 saturated carbocycles. The van der Waals surface area contributed by atoms with Crippen molar-refractivity contribution in [3.05, 3.63) is 53.4 Å². The summed E-state index contributed by atoms with van der Waals surface area (Å²) in [6.45, 7) is 3.99. The number of hydrogen-bond donors (Lipinski definition) is 0. The number of aryl methyl sites for hydroxylation is 4. The van der Waals surface area contributed by atoms with Crippen LogP contribution in [0.15, 0.2) is 30.7 Å². The van der Waals surface area contributed by atoms with Gasteiger partial charge >= 0.3 is 0 Å². The molecule has 0 aliphatic carbocycles. The van der Waals surface area contributed by atoms with Crippen molar-refractivity contribution >= 4 is 0 Å². The predicted octanol–water partition coefficient (Wildman–Crippen LogP) is 2.27. The third kappa shape index (κ3) is 2.86. The average molecular weight is 213 g/mol. The first-order chi connectivity index (χ1) is 7.74. The van der Waals surface area contributed by atoms with E-state index in [4.69, 9.17) is 0 Å². The minimum Gasteiger partial charge on any atom is -0.261 e. The maximum Gasteiger partial charge on any atom is 0.0590 e. The monoisotopic (exact) mass is 213 g/mol. The van der Waals surface area contributed by atoms with Crippen molar-refractivity contribution in [2.75, 3.05) is 0 Å². The zero-order chi connectivity index (χ0) is 11.4. The topological polar surface area (TPSA) is 38.7 Å². The van der Waals surface area contributed by atoms with Gasteiger partial charge in [-0.2, -0.15) is 0 Å². The SMILES string of the molecule is Cc1ccc(CCc2cnc(C)cn2)nc1. The summed E-state index contributed by atoms with van der Waals surface area (Å²) in [5.41, 5.74) is 4.28. The van der Waals surface area contributed by atoms with Gasteiger partial charge in [-0.15, -0.1) is 0 Å². The largest absolute Gasteiger partial charge is 0.261 e. The third-order valence-electron chi connectivity index (χ3n) is 2.44. The summed E-state index contributed by atoms with van der Waals surface area (Å²) >= 11 is 0. The highest BCUT2D eigenvalue weighted by molar-refractivity contribution is 5.13. The molecule has 0 aromatic carbocycles. The van der Waals surface area contributed by atoms with Crippen LogP contribution in [-0.2, 0) is 12.8 Å². The Labute approximate surface area is 95.6 Å². The standard InChI is InChI=1S/C13H15N3/c1-10-3-4-12(15-7-10)5-6-13-9-14-11(2)8-16-13/h3-4,7-9H,5-6H2,1-2H3. The van der Waals surface area contributed by atoms with Crippen molar-refractivity contribution in [1.82, 2.24) is 15.0 Å². The van der Waals surface area contributed by atoms with E-state index in [1.54, 1.807) is 6.20 Å². The normalized spacial score (nSPS) is 10.4. The van der Waals surface area contributed by atoms with E-state index in [1.165, 1.54) is 5.56 Å². The Balaban J connectivity index is 1.97. The highest BCUT2D eigenvalue weighted by Crippen LogP contribution is 2.03. The van der Waals surface area contributed by atoms with Crippen LogP contribution < -0.4 is 0 Å². The molecule has 0 fully saturated rings. The molecule has 2 aromatic rings. The van der Waals surface area contributed by atoms with Gasteiger partial charge < -0.3 is 0 Å². The van der Waals surface area contributed by atoms with Crippen LogP contribution in [0.1, 0.15) is 22.6 Å². The Hall–Kier alpha value is -1.77. The first-order valence-corrected chi connectivity index (χ1v) is 5.43. The fourth-order valence-corrected chi connectivity index (χ4v) is 1.45. The Morgan fingerprint density at radius 2 is 1.56 bits per heavy atom. The molecule has 0 unspecified atom stereocenters. The first-order valence-electron chi connectivity index (χ1n) is 5.43. The van der Waals surface area contributed by atoms with E-state index in [1.807, 2.05) is 26.2 Å². The van der Waals surface area contributed by atoms with Crippen molar-refractivity contribution in [2.45, 2.75) is 26.7 Å². The maximum absolute atomic E-state index is 4.36. The van der Waals surface area contributed by atoms with E-state index >= 15 is 0 Å². The Kier molecular flexibility index (Phi) is 3.25. The van der Waals surface area contributed by atoms with E-state index < -0.39 is 0 Å². The van der Waals surface area contributed by atoms with Gasteiger partial charge in [0.25, 0.3) is 0 Å². The molecular weight excluding hydrogens is 198 g/mol. The van der Waals surface area contributed by atoms with Crippen molar-refractivity contribution in [1.29, 1.82) is 0 Å². The van der Waals surface area contributed by atoms with Gasteiger partial charge in [0.15, 0.2) is 0 Å². The van der Waals surface area contributed by atoms with E-state index in [0.29, 0.717) is 0 Å². The molecule has 2 rings (SSSR count). The molecular formula is C13H15N3. The van der Waals surface area contributed by atoms with Gasteiger partial charge in [0.1, 0.15) is 0 Å². The molecule has 0 atom stereocenters. The van der Waals surface area contributed by atoms with Gasteiger partial charge in [-0.1, -0.05) is 6.07 Å². The lowest BCUT2D eigenvalue weighted by atomic mass is 10.1. The molecule has 0 saturated heterocycles. The second-order valence-electron chi connectivity index (χ2n) is 3.98. The summed E-state index contributed by atoms with van der Waals surface area (Å²) in [5.74, 6) is 0. The molecule has 3 heteroatoms. The van der Waals surface area contributed by atoms with Crippen molar-refractivity contribution < 1.29 is 0 Å². The van der Waals surface area contributed by atoms with Crippen molar-refractivity contribution in [3.63, 3.8) is 0 Å². The highest BCUT2D eigenvalue weighted by atomic mass is 14.8. The zero-order valence-electron chi connectivity index (χ0n) is 9.64. The molecule has 0 amide bonds. The van der Waals surface area contributed by atoms with Crippen LogP contribution in [0.5, 0.6) is 0 Å². The molecule has 0 bridgehead atoms. The summed E-state index contributed by atoms with van der Waals surface area (Å²) in [7, 11) is 0. The molecule has 3 nitrogen and oxygen atoms in total. The van der Waals surface area contributed by atoms with Crippen LogP contribution in [0.2, 0.25) is 0 Å². The van der Waals surface area contributed by atoms with Gasteiger partial charge in [0.05, 0.1) is 11.4 Å². The summed E-state index contributed by atoms with van der Waals surface area (Å²) < 4.78 is 0. The number of nitrogens with zero attached hydrogens (tertiary/aromatic N) is 3. The third-order valence-corrected chi connectivity index (χ3v) is 2.44. The average Bonchev–Trinajstić information content (AvgIpc) is 2.30. The Morgan fingerprint density at radius 1 is 0.812 bits per heavy atom. The fourth-order valence-electron chi connectivity index (χ4n) is 1.45. The van der Waals surface area contributed by atoms with Gasteiger partial charge in [-0.05, 0) is 38.3 Å². The van der Waals surface area contributed by atoms with Crippen LogP contribution in [0.3, 0.4) is 0 Å². The quantitative estimate of drug-likeness (QED) is 0.785. The molecule has 82 valence electrons. The lowest BCUT2D eigenvalue weighted by Crippen LogP contribution is -1.98. The molecule has 16 heavy (non-hydrogen) atoms. The van der Waals surface area contributed by atoms with Crippen molar-refractivity contribution in [2.24, 2.45) is 0 Å². The predicted molar refractivity (Wildman–Crippen MR) is 63.2 cm³/mol. The van der Waals surface area contributed by atoms with Gasteiger partial charge in [-0.25, -0.2) is 0 Å². The van der Waals surface area contributed by atoms with E-state index in [2.05, 4.69) is 27.1 Å². The van der Waals surface area contributed by atoms with Crippen molar-refractivity contribution in [3.8, 4) is 0 Å². The molecule has 2 heterocycles. The fraction of sp³-hybridized carbons (Fsp3) is 0.308. The molecule has 0 radical (unpaired) electrons. The van der Waals surface area contributed by atoms with Crippen LogP contribution >= 0.6 is 0 Å². The number of hydrogen-bond acceptors (Lipinski definition) is 3. The summed E-state index contributed by atoms with van der Waals surface area (Å²) in [4.78, 5) is 12.9. The Bertz CT molecular complexity index is 400. The van der Waals surface area contributed by atoms with E-state index in [0.717, 1.165) is 29.9 Å². The lowest BCUT2D eigenvalue weighted by molar-refractivity contribution is 0.862. The van der Waals surface area contributed by atoms with Crippen LogP contribution in [0.4, 0.5) is 0 Å². The van der Waals surface area contributed by atoms with Gasteiger partial charge in [0, 0.05) is 24.3 Å². The first kappa shape index (κ1) is 10.7. The second kappa shape index (κ2) is 4.84. The molecule has 0 aliphatic heterocycles. The van der Waals surface area contributed by atoms with Gasteiger partial charge in [-0.3, -0.25) is 15.0 Å². The molecule has 2 aromatic heterocycles. The Morgan fingerprint density at radius 3 is 2.19 bits per heavy atom. The minimum absolute atomic E-state index is 0.892. The second-order valence-corrected chi connectivity index (χ2v) is 3.98.